The maximum atomic E-state index is 12.3. The molecule has 0 spiro atoms. The van der Waals surface area contributed by atoms with Gasteiger partial charge in [0.25, 0.3) is 5.91 Å². The van der Waals surface area contributed by atoms with E-state index in [1.807, 2.05) is 27.7 Å². The van der Waals surface area contributed by atoms with Gasteiger partial charge >= 0.3 is 0 Å². The first-order valence-corrected chi connectivity index (χ1v) is 9.79. The lowest BCUT2D eigenvalue weighted by Crippen LogP contribution is -2.46. The van der Waals surface area contributed by atoms with Crippen LogP contribution in [0.2, 0.25) is 0 Å². The van der Waals surface area contributed by atoms with Crippen LogP contribution in [0.15, 0.2) is 18.2 Å². The second kappa shape index (κ2) is 10.6. The molecule has 158 valence electrons. The molecule has 1 heterocycles. The van der Waals surface area contributed by atoms with Crippen molar-refractivity contribution in [3.63, 3.8) is 0 Å². The number of anilines is 1. The molecule has 8 nitrogen and oxygen atoms in total. The van der Waals surface area contributed by atoms with Crippen LogP contribution in [-0.2, 0) is 4.79 Å². The number of nitrogens with one attached hydrogen (secondary N) is 2. The number of carbonyl (C=O) groups excluding carboxylic acids is 1. The molecule has 2 rings (SSSR count). The Morgan fingerprint density at radius 1 is 1.11 bits per heavy atom. The van der Waals surface area contributed by atoms with Gasteiger partial charge in [0.15, 0.2) is 6.61 Å². The predicted octanol–water partition coefficient (Wildman–Crippen LogP) is 0.509. The van der Waals surface area contributed by atoms with Crippen molar-refractivity contribution in [1.29, 1.82) is 0 Å². The summed E-state index contributed by atoms with van der Waals surface area (Å²) in [5, 5.41) is 26.5. The molecule has 0 aliphatic carbocycles. The van der Waals surface area contributed by atoms with E-state index in [1.54, 1.807) is 18.2 Å². The summed E-state index contributed by atoms with van der Waals surface area (Å²) < 4.78 is 11.2. The number of ether oxygens (including phenoxy) is 2. The third kappa shape index (κ3) is 6.94. The number of benzene rings is 1. The van der Waals surface area contributed by atoms with Crippen LogP contribution in [0.25, 0.3) is 0 Å². The largest absolute Gasteiger partial charge is 0.491 e. The number of fused-ring (bicyclic) bond motifs is 1. The molecule has 0 saturated heterocycles. The van der Waals surface area contributed by atoms with Crippen LogP contribution in [0.1, 0.15) is 27.7 Å². The minimum Gasteiger partial charge on any atom is -0.491 e. The molecule has 1 aliphatic heterocycles. The lowest BCUT2D eigenvalue weighted by Gasteiger charge is -2.31. The molecule has 0 aromatic heterocycles. The monoisotopic (exact) mass is 395 g/mol. The van der Waals surface area contributed by atoms with Crippen molar-refractivity contribution < 1.29 is 24.5 Å². The van der Waals surface area contributed by atoms with Gasteiger partial charge < -0.3 is 35.2 Å². The van der Waals surface area contributed by atoms with Crippen molar-refractivity contribution in [3.8, 4) is 11.5 Å². The third-order valence-corrected chi connectivity index (χ3v) is 4.23. The second-order valence-electron chi connectivity index (χ2n) is 7.67. The molecule has 2 atom stereocenters. The third-order valence-electron chi connectivity index (χ3n) is 4.23. The SMILES string of the molecule is CC(C)NCC(O)COc1ccc2c(c1)OCC(=O)N2CC(O)CNC(C)C. The number of hydrogen-bond acceptors (Lipinski definition) is 7. The molecular weight excluding hydrogens is 362 g/mol. The maximum absolute atomic E-state index is 12.3. The zero-order chi connectivity index (χ0) is 20.7. The summed E-state index contributed by atoms with van der Waals surface area (Å²) in [5.74, 6) is 0.884. The lowest BCUT2D eigenvalue weighted by molar-refractivity contribution is -0.121. The summed E-state index contributed by atoms with van der Waals surface area (Å²) in [7, 11) is 0. The molecule has 8 heteroatoms. The molecule has 28 heavy (non-hydrogen) atoms. The van der Waals surface area contributed by atoms with E-state index in [1.165, 1.54) is 4.90 Å². The Balaban J connectivity index is 1.97. The number of rotatable bonds is 11. The average molecular weight is 396 g/mol. The minimum atomic E-state index is -0.683. The van der Waals surface area contributed by atoms with E-state index >= 15 is 0 Å². The van der Waals surface area contributed by atoms with Crippen LogP contribution in [0.3, 0.4) is 0 Å². The Kier molecular flexibility index (Phi) is 8.50. The highest BCUT2D eigenvalue weighted by atomic mass is 16.5. The lowest BCUT2D eigenvalue weighted by atomic mass is 10.2. The maximum Gasteiger partial charge on any atom is 0.265 e. The van der Waals surface area contributed by atoms with Crippen molar-refractivity contribution in [1.82, 2.24) is 10.6 Å². The van der Waals surface area contributed by atoms with Crippen molar-refractivity contribution in [2.75, 3.05) is 37.7 Å². The number of carbonyl (C=O) groups is 1. The van der Waals surface area contributed by atoms with Gasteiger partial charge in [-0.1, -0.05) is 27.7 Å². The highest BCUT2D eigenvalue weighted by molar-refractivity contribution is 5.98. The summed E-state index contributed by atoms with van der Waals surface area (Å²) in [6, 6.07) is 5.73. The Hall–Kier alpha value is -1.87. The topological polar surface area (TPSA) is 103 Å². The van der Waals surface area contributed by atoms with E-state index < -0.39 is 12.2 Å². The molecule has 0 bridgehead atoms. The fourth-order valence-corrected chi connectivity index (χ4v) is 2.74. The van der Waals surface area contributed by atoms with E-state index in [4.69, 9.17) is 9.47 Å². The summed E-state index contributed by atoms with van der Waals surface area (Å²) in [4.78, 5) is 13.8. The number of β-amino-alcohol motifs (C(OH)–C–C–N with tert-alkyl or cyclic N) is 1. The van der Waals surface area contributed by atoms with Gasteiger partial charge in [0, 0.05) is 31.2 Å². The first-order valence-electron chi connectivity index (χ1n) is 9.79. The van der Waals surface area contributed by atoms with Crippen molar-refractivity contribution in [2.24, 2.45) is 0 Å². The average Bonchev–Trinajstić information content (AvgIpc) is 2.65. The molecule has 0 saturated carbocycles. The first kappa shape index (κ1) is 22.4. The summed E-state index contributed by atoms with van der Waals surface area (Å²) >= 11 is 0. The smallest absolute Gasteiger partial charge is 0.265 e. The normalized spacial score (nSPS) is 16.1. The molecule has 4 N–H and O–H groups in total. The van der Waals surface area contributed by atoms with E-state index in [2.05, 4.69) is 10.6 Å². The quantitative estimate of drug-likeness (QED) is 0.433. The predicted molar refractivity (Wildman–Crippen MR) is 108 cm³/mol. The van der Waals surface area contributed by atoms with Gasteiger partial charge in [-0.15, -0.1) is 0 Å². The molecule has 1 aromatic rings. The molecule has 1 aliphatic rings. The Morgan fingerprint density at radius 3 is 2.39 bits per heavy atom. The highest BCUT2D eigenvalue weighted by Gasteiger charge is 2.27. The van der Waals surface area contributed by atoms with Gasteiger partial charge in [0.2, 0.25) is 0 Å². The first-order chi connectivity index (χ1) is 13.3. The number of amides is 1. The van der Waals surface area contributed by atoms with E-state index in [-0.39, 0.29) is 31.7 Å². The van der Waals surface area contributed by atoms with Gasteiger partial charge in [-0.05, 0) is 12.1 Å². The molecule has 0 radical (unpaired) electrons. The van der Waals surface area contributed by atoms with E-state index in [0.29, 0.717) is 36.3 Å². The summed E-state index contributed by atoms with van der Waals surface area (Å²) in [6.07, 6.45) is -1.31. The van der Waals surface area contributed by atoms with Crippen LogP contribution in [0.5, 0.6) is 11.5 Å². The molecule has 1 aromatic carbocycles. The highest BCUT2D eigenvalue weighted by Crippen LogP contribution is 2.35. The second-order valence-corrected chi connectivity index (χ2v) is 7.67. The van der Waals surface area contributed by atoms with Crippen LogP contribution in [0, 0.1) is 0 Å². The van der Waals surface area contributed by atoms with Gasteiger partial charge in [-0.25, -0.2) is 0 Å². The van der Waals surface area contributed by atoms with Crippen LogP contribution in [-0.4, -0.2) is 73.3 Å². The van der Waals surface area contributed by atoms with E-state index in [0.717, 1.165) is 0 Å². The minimum absolute atomic E-state index is 0.0816. The Bertz CT molecular complexity index is 638. The fraction of sp³-hybridized carbons (Fsp3) is 0.650. The molecule has 1 amide bonds. The number of aliphatic hydroxyl groups is 2. The van der Waals surface area contributed by atoms with Gasteiger partial charge in [0.05, 0.1) is 18.3 Å². The van der Waals surface area contributed by atoms with Crippen LogP contribution < -0.4 is 25.0 Å². The van der Waals surface area contributed by atoms with Gasteiger partial charge in [-0.3, -0.25) is 4.79 Å². The summed E-state index contributed by atoms with van der Waals surface area (Å²) in [5.41, 5.74) is 0.606. The van der Waals surface area contributed by atoms with E-state index in [9.17, 15) is 15.0 Å². The zero-order valence-electron chi connectivity index (χ0n) is 17.1. The zero-order valence-corrected chi connectivity index (χ0v) is 17.1. The number of aliphatic hydroxyl groups excluding tert-OH is 2. The van der Waals surface area contributed by atoms with Crippen LogP contribution in [0.4, 0.5) is 5.69 Å². The van der Waals surface area contributed by atoms with Crippen LogP contribution >= 0.6 is 0 Å². The van der Waals surface area contributed by atoms with Crippen molar-refractivity contribution in [3.05, 3.63) is 18.2 Å². The molecular formula is C20H33N3O5. The van der Waals surface area contributed by atoms with Crippen molar-refractivity contribution in [2.45, 2.75) is 52.0 Å². The van der Waals surface area contributed by atoms with Gasteiger partial charge in [-0.2, -0.15) is 0 Å². The Labute approximate surface area is 166 Å². The Morgan fingerprint density at radius 2 is 1.75 bits per heavy atom. The van der Waals surface area contributed by atoms with Crippen molar-refractivity contribution >= 4 is 11.6 Å². The molecule has 2 unspecified atom stereocenters. The fourth-order valence-electron chi connectivity index (χ4n) is 2.74. The standard InChI is InChI=1S/C20H33N3O5/c1-13(2)21-8-15(24)10-23-18-6-5-17(7-19(18)28-12-20(23)26)27-11-16(25)9-22-14(3)4/h5-7,13-16,21-22,24-25H,8-12H2,1-4H3. The van der Waals surface area contributed by atoms with Gasteiger partial charge in [0.1, 0.15) is 24.2 Å². The number of nitrogens with zero attached hydrogens (tertiary/aromatic N) is 1. The molecule has 0 fully saturated rings. The number of hydrogen-bond donors (Lipinski definition) is 4. The summed E-state index contributed by atoms with van der Waals surface area (Å²) in [6.45, 7) is 9.13.